The maximum atomic E-state index is 11.8. The summed E-state index contributed by atoms with van der Waals surface area (Å²) in [4.78, 5) is 13.1. The van der Waals surface area contributed by atoms with E-state index in [0.717, 1.165) is 5.56 Å². The Labute approximate surface area is 116 Å². The molecule has 1 saturated heterocycles. The van der Waals surface area contributed by atoms with Crippen molar-refractivity contribution in [3.8, 4) is 0 Å². The Morgan fingerprint density at radius 3 is 2.63 bits per heavy atom. The first kappa shape index (κ1) is 14.1. The number of ether oxygens (including phenoxy) is 1. The minimum atomic E-state index is -3.61. The van der Waals surface area contributed by atoms with E-state index in [1.54, 1.807) is 0 Å². The van der Waals surface area contributed by atoms with Crippen molar-refractivity contribution < 1.29 is 17.9 Å². The van der Waals surface area contributed by atoms with Crippen molar-refractivity contribution in [3.05, 3.63) is 35.9 Å². The van der Waals surface area contributed by atoms with Gasteiger partial charge in [0, 0.05) is 23.8 Å². The molecule has 1 aromatic carbocycles. The fourth-order valence-corrected chi connectivity index (χ4v) is 3.12. The summed E-state index contributed by atoms with van der Waals surface area (Å²) < 4.78 is 27.5. The van der Waals surface area contributed by atoms with Crippen molar-refractivity contribution in [2.45, 2.75) is 18.3 Å². The van der Waals surface area contributed by atoms with E-state index in [-0.39, 0.29) is 13.2 Å². The van der Waals surface area contributed by atoms with Crippen LogP contribution >= 0.6 is 10.7 Å². The fourth-order valence-electron chi connectivity index (χ4n) is 1.93. The number of hydrogen-bond donors (Lipinski definition) is 0. The van der Waals surface area contributed by atoms with Gasteiger partial charge in [-0.3, -0.25) is 0 Å². The molecule has 104 valence electrons. The predicted molar refractivity (Wildman–Crippen MR) is 71.4 cm³/mol. The smallest absolute Gasteiger partial charge is 0.410 e. The minimum absolute atomic E-state index is 0.0967. The summed E-state index contributed by atoms with van der Waals surface area (Å²) in [7, 11) is 1.66. The monoisotopic (exact) mass is 303 g/mol. The molecule has 0 radical (unpaired) electrons. The van der Waals surface area contributed by atoms with Crippen LogP contribution < -0.4 is 0 Å². The number of likely N-dealkylation sites (tertiary alicyclic amines) is 1. The molecule has 2 rings (SSSR count). The maximum Gasteiger partial charge on any atom is 0.410 e. The van der Waals surface area contributed by atoms with E-state index in [1.165, 1.54) is 4.90 Å². The van der Waals surface area contributed by atoms with Gasteiger partial charge in [-0.1, -0.05) is 30.3 Å². The van der Waals surface area contributed by atoms with Crippen molar-refractivity contribution in [3.63, 3.8) is 0 Å². The molecule has 1 aromatic rings. The highest BCUT2D eigenvalue weighted by atomic mass is 35.7. The molecule has 0 saturated carbocycles. The Morgan fingerprint density at radius 1 is 1.37 bits per heavy atom. The van der Waals surface area contributed by atoms with Crippen LogP contribution in [0.2, 0.25) is 0 Å². The van der Waals surface area contributed by atoms with Gasteiger partial charge in [-0.15, -0.1) is 0 Å². The second kappa shape index (κ2) is 5.79. The van der Waals surface area contributed by atoms with Crippen LogP contribution in [0.4, 0.5) is 4.79 Å². The van der Waals surface area contributed by atoms with Gasteiger partial charge < -0.3 is 9.64 Å². The van der Waals surface area contributed by atoms with Gasteiger partial charge in [0.2, 0.25) is 9.05 Å². The van der Waals surface area contributed by atoms with Crippen LogP contribution in [0, 0.1) is 0 Å². The van der Waals surface area contributed by atoms with Crippen molar-refractivity contribution in [2.75, 3.05) is 13.1 Å². The first-order valence-electron chi connectivity index (χ1n) is 5.86. The van der Waals surface area contributed by atoms with Crippen molar-refractivity contribution in [2.24, 2.45) is 0 Å². The third kappa shape index (κ3) is 3.84. The highest BCUT2D eigenvalue weighted by Gasteiger charge is 2.34. The minimum Gasteiger partial charge on any atom is -0.445 e. The summed E-state index contributed by atoms with van der Waals surface area (Å²) in [5.74, 6) is 0. The lowest BCUT2D eigenvalue weighted by atomic mass is 10.2. The van der Waals surface area contributed by atoms with E-state index in [4.69, 9.17) is 15.4 Å². The normalized spacial score (nSPS) is 19.4. The van der Waals surface area contributed by atoms with Gasteiger partial charge in [0.15, 0.2) is 0 Å². The predicted octanol–water partition coefficient (Wildman–Crippen LogP) is 1.97. The summed E-state index contributed by atoms with van der Waals surface area (Å²) in [5, 5.41) is -0.696. The summed E-state index contributed by atoms with van der Waals surface area (Å²) in [5.41, 5.74) is 0.886. The van der Waals surface area contributed by atoms with Gasteiger partial charge in [0.1, 0.15) is 6.61 Å². The third-order valence-electron chi connectivity index (χ3n) is 3.01. The number of rotatable bonds is 3. The summed E-state index contributed by atoms with van der Waals surface area (Å²) in [6.07, 6.45) is -0.154. The lowest BCUT2D eigenvalue weighted by Gasteiger charge is -2.15. The zero-order valence-corrected chi connectivity index (χ0v) is 11.7. The number of benzene rings is 1. The molecular formula is C12H14ClNO4S. The molecular weight excluding hydrogens is 290 g/mol. The van der Waals surface area contributed by atoms with E-state index in [2.05, 4.69) is 0 Å². The van der Waals surface area contributed by atoms with Crippen molar-refractivity contribution >= 4 is 25.8 Å². The summed E-state index contributed by atoms with van der Waals surface area (Å²) in [6.45, 7) is 0.623. The van der Waals surface area contributed by atoms with Gasteiger partial charge in [-0.2, -0.15) is 0 Å². The van der Waals surface area contributed by atoms with Crippen LogP contribution in [0.5, 0.6) is 0 Å². The molecule has 0 aliphatic carbocycles. The van der Waals surface area contributed by atoms with Gasteiger partial charge in [-0.05, 0) is 12.0 Å². The van der Waals surface area contributed by atoms with Crippen LogP contribution in [0.3, 0.4) is 0 Å². The molecule has 0 spiro atoms. The highest BCUT2D eigenvalue weighted by molar-refractivity contribution is 8.14. The van der Waals surface area contributed by atoms with E-state index < -0.39 is 20.4 Å². The van der Waals surface area contributed by atoms with Gasteiger partial charge in [0.25, 0.3) is 0 Å². The molecule has 5 nitrogen and oxygen atoms in total. The first-order valence-corrected chi connectivity index (χ1v) is 8.23. The second-order valence-electron chi connectivity index (χ2n) is 4.37. The van der Waals surface area contributed by atoms with Crippen LogP contribution in [-0.4, -0.2) is 37.8 Å². The average molecular weight is 304 g/mol. The molecule has 1 fully saturated rings. The Morgan fingerprint density at radius 2 is 2.05 bits per heavy atom. The number of hydrogen-bond acceptors (Lipinski definition) is 4. The third-order valence-corrected chi connectivity index (χ3v) is 4.94. The van der Waals surface area contributed by atoms with Gasteiger partial charge >= 0.3 is 6.09 Å². The zero-order chi connectivity index (χ0) is 13.9. The van der Waals surface area contributed by atoms with E-state index in [1.807, 2.05) is 30.3 Å². The molecule has 1 unspecified atom stereocenters. The topological polar surface area (TPSA) is 63.7 Å². The Bertz CT molecular complexity index is 546. The molecule has 0 aromatic heterocycles. The van der Waals surface area contributed by atoms with Gasteiger partial charge in [0.05, 0.1) is 5.25 Å². The highest BCUT2D eigenvalue weighted by Crippen LogP contribution is 2.20. The van der Waals surface area contributed by atoms with Crippen molar-refractivity contribution in [1.82, 2.24) is 4.90 Å². The summed E-state index contributed by atoms with van der Waals surface area (Å²) >= 11 is 0. The molecule has 19 heavy (non-hydrogen) atoms. The molecule has 7 heteroatoms. The molecule has 0 N–H and O–H groups in total. The van der Waals surface area contributed by atoms with E-state index >= 15 is 0 Å². The molecule has 0 bridgehead atoms. The Balaban J connectivity index is 1.85. The van der Waals surface area contributed by atoms with Crippen molar-refractivity contribution in [1.29, 1.82) is 0 Å². The molecule has 1 heterocycles. The lowest BCUT2D eigenvalue weighted by Crippen LogP contribution is -2.31. The van der Waals surface area contributed by atoms with Crippen LogP contribution in [0.1, 0.15) is 12.0 Å². The Kier molecular flexibility index (Phi) is 4.31. The number of amides is 1. The first-order chi connectivity index (χ1) is 8.97. The maximum absolute atomic E-state index is 11.8. The quantitative estimate of drug-likeness (QED) is 0.801. The lowest BCUT2D eigenvalue weighted by molar-refractivity contribution is 0.104. The van der Waals surface area contributed by atoms with Crippen LogP contribution in [0.25, 0.3) is 0 Å². The second-order valence-corrected chi connectivity index (χ2v) is 7.28. The van der Waals surface area contributed by atoms with Crippen LogP contribution in [-0.2, 0) is 20.4 Å². The molecule has 1 atom stereocenters. The van der Waals surface area contributed by atoms with E-state index in [0.29, 0.717) is 13.0 Å². The average Bonchev–Trinajstić information content (AvgIpc) is 2.87. The number of carbonyl (C=O) groups excluding carboxylic acids is 1. The standard InChI is InChI=1S/C12H14ClNO4S/c13-19(16,17)11-6-7-14(8-11)12(15)18-9-10-4-2-1-3-5-10/h1-5,11H,6-9H2. The SMILES string of the molecule is O=C(OCc1ccccc1)N1CCC(S(=O)(=O)Cl)C1. The largest absolute Gasteiger partial charge is 0.445 e. The molecule has 1 amide bonds. The molecule has 1 aliphatic rings. The number of nitrogens with zero attached hydrogens (tertiary/aromatic N) is 1. The van der Waals surface area contributed by atoms with Gasteiger partial charge in [-0.25, -0.2) is 13.2 Å². The fraction of sp³-hybridized carbons (Fsp3) is 0.417. The Hall–Kier alpha value is -1.27. The summed E-state index contributed by atoms with van der Waals surface area (Å²) in [6, 6.07) is 9.29. The van der Waals surface area contributed by atoms with Crippen LogP contribution in [0.15, 0.2) is 30.3 Å². The zero-order valence-electron chi connectivity index (χ0n) is 10.2. The number of carbonyl (C=O) groups is 1. The molecule has 1 aliphatic heterocycles. The number of halogens is 1. The van der Waals surface area contributed by atoms with E-state index in [9.17, 15) is 13.2 Å².